The molecule has 0 unspecified atom stereocenters. The molecule has 6 heteroatoms. The second-order valence-corrected chi connectivity index (χ2v) is 6.17. The lowest BCUT2D eigenvalue weighted by molar-refractivity contribution is 0.0519. The zero-order chi connectivity index (χ0) is 17.3. The van der Waals surface area contributed by atoms with Gasteiger partial charge in [-0.25, -0.2) is 14.2 Å². The fourth-order valence-corrected chi connectivity index (χ4v) is 3.29. The normalized spacial score (nSPS) is 16.7. The van der Waals surface area contributed by atoms with Crippen molar-refractivity contribution in [1.82, 2.24) is 4.98 Å². The number of benzene rings is 1. The Morgan fingerprint density at radius 2 is 2.21 bits per heavy atom. The highest BCUT2D eigenvalue weighted by Crippen LogP contribution is 2.34. The molecule has 1 aromatic carbocycles. The van der Waals surface area contributed by atoms with Crippen molar-refractivity contribution in [1.29, 1.82) is 0 Å². The Morgan fingerprint density at radius 3 is 2.92 bits per heavy atom. The Balaban J connectivity index is 1.90. The highest BCUT2D eigenvalue weighted by molar-refractivity contribution is 6.30. The molecule has 0 radical (unpaired) electrons. The summed E-state index contributed by atoms with van der Waals surface area (Å²) in [6.45, 7) is 4.82. The monoisotopic (exact) mass is 348 g/mol. The van der Waals surface area contributed by atoms with Gasteiger partial charge in [-0.3, -0.25) is 0 Å². The van der Waals surface area contributed by atoms with Crippen molar-refractivity contribution < 1.29 is 13.9 Å². The minimum absolute atomic E-state index is 0.00959. The number of anilines is 1. The third-order valence-electron chi connectivity index (χ3n) is 4.23. The molecule has 126 valence electrons. The fourth-order valence-electron chi connectivity index (χ4n) is 3.08. The van der Waals surface area contributed by atoms with Crippen molar-refractivity contribution >= 4 is 23.3 Å². The van der Waals surface area contributed by atoms with Crippen LogP contribution in [-0.4, -0.2) is 24.1 Å². The van der Waals surface area contributed by atoms with E-state index in [2.05, 4.69) is 9.88 Å². The van der Waals surface area contributed by atoms with Gasteiger partial charge in [-0.2, -0.15) is 0 Å². The predicted molar refractivity (Wildman–Crippen MR) is 91.1 cm³/mol. The predicted octanol–water partition coefficient (Wildman–Crippen LogP) is 4.17. The quantitative estimate of drug-likeness (QED) is 0.780. The van der Waals surface area contributed by atoms with E-state index in [1.807, 2.05) is 6.92 Å². The van der Waals surface area contributed by atoms with E-state index in [4.69, 9.17) is 16.3 Å². The molecule has 4 nitrogen and oxygen atoms in total. The number of nitrogens with zero attached hydrogens (tertiary/aromatic N) is 2. The summed E-state index contributed by atoms with van der Waals surface area (Å²) in [6.07, 6.45) is 2.45. The zero-order valence-corrected chi connectivity index (χ0v) is 14.3. The minimum atomic E-state index is -0.410. The molecular weight excluding hydrogens is 331 g/mol. The average Bonchev–Trinajstić information content (AvgIpc) is 2.54. The largest absolute Gasteiger partial charge is 0.461 e. The number of aromatic nitrogens is 1. The summed E-state index contributed by atoms with van der Waals surface area (Å²) in [5.74, 6) is -0.765. The second-order valence-electron chi connectivity index (χ2n) is 5.74. The summed E-state index contributed by atoms with van der Waals surface area (Å²) in [5, 5.41) is 0.374. The van der Waals surface area contributed by atoms with Crippen LogP contribution in [0.5, 0.6) is 0 Å². The van der Waals surface area contributed by atoms with Crippen LogP contribution in [-0.2, 0) is 11.2 Å². The molecule has 2 heterocycles. The molecule has 2 aromatic rings. The Morgan fingerprint density at radius 1 is 1.42 bits per heavy atom. The van der Waals surface area contributed by atoms with E-state index in [-0.39, 0.29) is 11.9 Å². The van der Waals surface area contributed by atoms with E-state index in [1.165, 1.54) is 12.1 Å². The average molecular weight is 349 g/mol. The summed E-state index contributed by atoms with van der Waals surface area (Å²) in [5.41, 5.74) is 3.16. The van der Waals surface area contributed by atoms with Gasteiger partial charge < -0.3 is 9.64 Å². The molecular formula is C18H18ClFN2O2. The van der Waals surface area contributed by atoms with Crippen LogP contribution in [0.15, 0.2) is 30.5 Å². The Bertz CT molecular complexity index is 761. The van der Waals surface area contributed by atoms with Gasteiger partial charge >= 0.3 is 5.97 Å². The number of pyridine rings is 1. The van der Waals surface area contributed by atoms with E-state index in [0.29, 0.717) is 23.9 Å². The van der Waals surface area contributed by atoms with Crippen molar-refractivity contribution in [2.75, 3.05) is 18.1 Å². The smallest absolute Gasteiger partial charge is 0.356 e. The van der Waals surface area contributed by atoms with Crippen molar-refractivity contribution in [3.63, 3.8) is 0 Å². The molecule has 0 bridgehead atoms. The van der Waals surface area contributed by atoms with Crippen molar-refractivity contribution in [3.8, 4) is 0 Å². The molecule has 0 fully saturated rings. The van der Waals surface area contributed by atoms with Crippen LogP contribution in [0.4, 0.5) is 10.1 Å². The van der Waals surface area contributed by atoms with Crippen molar-refractivity contribution in [2.45, 2.75) is 26.3 Å². The van der Waals surface area contributed by atoms with E-state index in [0.717, 1.165) is 23.2 Å². The van der Waals surface area contributed by atoms with E-state index >= 15 is 0 Å². The first kappa shape index (κ1) is 16.7. The van der Waals surface area contributed by atoms with Gasteiger partial charge in [0.25, 0.3) is 0 Å². The first-order valence-electron chi connectivity index (χ1n) is 7.88. The number of halogens is 2. The lowest BCUT2D eigenvalue weighted by atomic mass is 9.94. The maximum atomic E-state index is 13.6. The van der Waals surface area contributed by atoms with Gasteiger partial charge in [-0.05, 0) is 55.7 Å². The zero-order valence-electron chi connectivity index (χ0n) is 13.6. The summed E-state index contributed by atoms with van der Waals surface area (Å²) in [7, 11) is 0. The van der Waals surface area contributed by atoms with Gasteiger partial charge in [0.15, 0.2) is 0 Å². The molecule has 0 N–H and O–H groups in total. The summed E-state index contributed by atoms with van der Waals surface area (Å²) in [6, 6.07) is 6.33. The molecule has 1 atom stereocenters. The molecule has 0 saturated carbocycles. The van der Waals surface area contributed by atoms with Crippen LogP contribution >= 0.6 is 11.6 Å². The third-order valence-corrected chi connectivity index (χ3v) is 4.45. The summed E-state index contributed by atoms with van der Waals surface area (Å²) in [4.78, 5) is 18.1. The van der Waals surface area contributed by atoms with Crippen LogP contribution in [0.25, 0.3) is 0 Å². The Hall–Kier alpha value is -2.14. The highest BCUT2D eigenvalue weighted by Gasteiger charge is 2.26. The van der Waals surface area contributed by atoms with E-state index in [9.17, 15) is 9.18 Å². The minimum Gasteiger partial charge on any atom is -0.461 e. The maximum Gasteiger partial charge on any atom is 0.356 e. The summed E-state index contributed by atoms with van der Waals surface area (Å²) < 4.78 is 18.6. The highest BCUT2D eigenvalue weighted by atomic mass is 35.5. The molecule has 1 aliphatic heterocycles. The molecule has 1 aromatic heterocycles. The number of ether oxygens (including phenoxy) is 1. The van der Waals surface area contributed by atoms with Crippen LogP contribution in [0.1, 0.15) is 41.5 Å². The molecule has 0 spiro atoms. The van der Waals surface area contributed by atoms with Crippen LogP contribution in [0.3, 0.4) is 0 Å². The number of hydrogen-bond donors (Lipinski definition) is 0. The van der Waals surface area contributed by atoms with Crippen molar-refractivity contribution in [2.24, 2.45) is 0 Å². The van der Waals surface area contributed by atoms with E-state index in [1.54, 1.807) is 25.3 Å². The SMILES string of the molecule is CCOC(=O)c1cc2c(cn1)[C@@H](C)N(c1cc(F)cc(Cl)c1)CC2. The Labute approximate surface area is 145 Å². The lowest BCUT2D eigenvalue weighted by Gasteiger charge is -2.37. The van der Waals surface area contributed by atoms with Crippen molar-refractivity contribution in [3.05, 3.63) is 58.1 Å². The number of fused-ring (bicyclic) bond motifs is 1. The van der Waals surface area contributed by atoms with Crippen LogP contribution < -0.4 is 4.90 Å². The maximum absolute atomic E-state index is 13.6. The molecule has 3 rings (SSSR count). The first-order chi connectivity index (χ1) is 11.5. The third kappa shape index (κ3) is 3.22. The molecule has 24 heavy (non-hydrogen) atoms. The topological polar surface area (TPSA) is 42.4 Å². The van der Waals surface area contributed by atoms with Gasteiger partial charge in [0.05, 0.1) is 12.6 Å². The number of carbonyl (C=O) groups excluding carboxylic acids is 1. The number of carbonyl (C=O) groups is 1. The second kappa shape index (κ2) is 6.77. The first-order valence-corrected chi connectivity index (χ1v) is 8.26. The fraction of sp³-hybridized carbons (Fsp3) is 0.333. The van der Waals surface area contributed by atoms with Gasteiger partial charge in [-0.1, -0.05) is 11.6 Å². The van der Waals surface area contributed by atoms with Crippen LogP contribution in [0.2, 0.25) is 5.02 Å². The van der Waals surface area contributed by atoms with Gasteiger partial charge in [0.2, 0.25) is 0 Å². The van der Waals surface area contributed by atoms with Gasteiger partial charge in [0.1, 0.15) is 11.5 Å². The molecule has 1 aliphatic rings. The standard InChI is InChI=1S/C18H18ClFN2O2/c1-3-24-18(23)17-6-12-4-5-22(11(2)16(12)10-21-17)15-8-13(19)7-14(20)9-15/h6-11H,3-5H2,1-2H3/t11-/m1/s1. The Kier molecular flexibility index (Phi) is 4.71. The number of hydrogen-bond acceptors (Lipinski definition) is 4. The molecule has 0 amide bonds. The lowest BCUT2D eigenvalue weighted by Crippen LogP contribution is -2.34. The van der Waals surface area contributed by atoms with Gasteiger partial charge in [-0.15, -0.1) is 0 Å². The summed E-state index contributed by atoms with van der Waals surface area (Å²) >= 11 is 5.97. The van der Waals surface area contributed by atoms with Gasteiger partial charge in [0, 0.05) is 23.5 Å². The van der Waals surface area contributed by atoms with E-state index < -0.39 is 5.97 Å². The molecule has 0 aliphatic carbocycles. The number of rotatable bonds is 3. The number of esters is 1. The van der Waals surface area contributed by atoms with Crippen LogP contribution in [0, 0.1) is 5.82 Å². The molecule has 0 saturated heterocycles.